The van der Waals surface area contributed by atoms with Gasteiger partial charge in [-0.25, -0.2) is 4.79 Å². The molecule has 2 saturated heterocycles. The minimum atomic E-state index is -2.44. The van der Waals surface area contributed by atoms with E-state index in [9.17, 15) is 39.0 Å². The lowest BCUT2D eigenvalue weighted by atomic mass is 9.78. The number of fused-ring (bicyclic) bond motifs is 3. The van der Waals surface area contributed by atoms with Crippen LogP contribution in [0.5, 0.6) is 0 Å². The molecule has 388 valence electrons. The summed E-state index contributed by atoms with van der Waals surface area (Å²) >= 11 is 0. The SMILES string of the molecule is CCC(=O)O[C@@H]1CC[C@@H](C[C@@H](C)[C@@H]2CC(=O)[C@H](C)/C=C(\C)[C@@H](O)[C@@H](OC)C(=O)[C@H](C)C[C@H](C)/C=C/C=C/C=C(\C)[C@@H](OC)C[C@@H]3CC[C@@H](C)[C@@](O)(O3)C(=O)C(=O)N3CCCC[C@H]3C(=O)O2)C[C@H]1OC. The van der Waals surface area contributed by atoms with Gasteiger partial charge in [0.15, 0.2) is 5.78 Å². The number of Topliss-reactive ketones (excluding diaryl/α,β-unsaturated/α-hetero) is 3. The Kier molecular flexibility index (Phi) is 22.7. The first-order chi connectivity index (χ1) is 32.7. The second kappa shape index (κ2) is 27.1. The molecule has 69 heavy (non-hydrogen) atoms. The van der Waals surface area contributed by atoms with Crippen LogP contribution in [0.1, 0.15) is 139 Å². The number of nitrogens with zero attached hydrogens (tertiary/aromatic N) is 1. The number of ketones is 3. The van der Waals surface area contributed by atoms with E-state index in [4.69, 9.17) is 28.4 Å². The molecule has 0 aromatic heterocycles. The number of aliphatic hydroxyl groups excluding tert-OH is 1. The summed E-state index contributed by atoms with van der Waals surface area (Å²) in [5.74, 6) is -8.45. The summed E-state index contributed by atoms with van der Waals surface area (Å²) in [4.78, 5) is 84.4. The summed E-state index contributed by atoms with van der Waals surface area (Å²) in [5.41, 5.74) is 1.25. The van der Waals surface area contributed by atoms with Crippen LogP contribution < -0.4 is 0 Å². The number of cyclic esters (lactones) is 1. The van der Waals surface area contributed by atoms with Gasteiger partial charge in [0.05, 0.1) is 18.3 Å². The smallest absolute Gasteiger partial charge is 0.329 e. The number of carbonyl (C=O) groups excluding carboxylic acids is 6. The fourth-order valence-electron chi connectivity index (χ4n) is 10.5. The van der Waals surface area contributed by atoms with Crippen molar-refractivity contribution in [2.24, 2.45) is 35.5 Å². The third-order valence-electron chi connectivity index (χ3n) is 15.0. The molecule has 0 spiro atoms. The highest BCUT2D eigenvalue weighted by atomic mass is 16.6. The lowest BCUT2D eigenvalue weighted by Gasteiger charge is -2.42. The summed E-state index contributed by atoms with van der Waals surface area (Å²) in [5, 5.41) is 23.5. The van der Waals surface area contributed by atoms with Crippen molar-refractivity contribution in [3.8, 4) is 0 Å². The topological polar surface area (TPSA) is 201 Å². The number of piperidine rings is 1. The van der Waals surface area contributed by atoms with E-state index in [0.717, 1.165) is 5.57 Å². The Labute approximate surface area is 410 Å². The van der Waals surface area contributed by atoms with E-state index >= 15 is 0 Å². The number of aliphatic hydroxyl groups is 2. The monoisotopic (exact) mass is 970 g/mol. The Morgan fingerprint density at radius 2 is 1.59 bits per heavy atom. The molecule has 3 aliphatic heterocycles. The molecule has 4 aliphatic rings. The number of methoxy groups -OCH3 is 3. The van der Waals surface area contributed by atoms with Gasteiger partial charge >= 0.3 is 11.9 Å². The second-order valence-electron chi connectivity index (χ2n) is 20.4. The van der Waals surface area contributed by atoms with E-state index in [1.165, 1.54) is 12.0 Å². The van der Waals surface area contributed by atoms with E-state index in [-0.39, 0.29) is 73.3 Å². The number of hydrogen-bond donors (Lipinski definition) is 2. The summed E-state index contributed by atoms with van der Waals surface area (Å²) in [6.45, 7) is 14.4. The molecule has 1 saturated carbocycles. The van der Waals surface area contributed by atoms with Gasteiger partial charge in [-0.2, -0.15) is 0 Å². The van der Waals surface area contributed by atoms with Gasteiger partial charge in [0, 0.05) is 64.9 Å². The zero-order valence-electron chi connectivity index (χ0n) is 43.2. The first kappa shape index (κ1) is 57.7. The molecule has 0 aromatic carbocycles. The number of allylic oxidation sites excluding steroid dienone is 6. The average molecular weight is 970 g/mol. The van der Waals surface area contributed by atoms with Crippen molar-refractivity contribution in [1.29, 1.82) is 0 Å². The van der Waals surface area contributed by atoms with E-state index in [1.54, 1.807) is 48.0 Å². The van der Waals surface area contributed by atoms with Crippen LogP contribution in [-0.4, -0.2) is 133 Å². The van der Waals surface area contributed by atoms with Crippen molar-refractivity contribution < 1.29 is 67.4 Å². The Hall–Kier alpha value is -3.86. The summed E-state index contributed by atoms with van der Waals surface area (Å²) in [7, 11) is 4.53. The fraction of sp³-hybridized carbons (Fsp3) is 0.741. The summed E-state index contributed by atoms with van der Waals surface area (Å²) in [6.07, 6.45) is 11.4. The van der Waals surface area contributed by atoms with Crippen LogP contribution in [0.3, 0.4) is 0 Å². The molecule has 3 fully saturated rings. The molecule has 15 nitrogen and oxygen atoms in total. The molecule has 1 amide bonds. The predicted octanol–water partition coefficient (Wildman–Crippen LogP) is 7.14. The highest BCUT2D eigenvalue weighted by Crippen LogP contribution is 2.38. The minimum Gasteiger partial charge on any atom is -0.460 e. The average Bonchev–Trinajstić information content (AvgIpc) is 3.33. The van der Waals surface area contributed by atoms with Crippen LogP contribution >= 0.6 is 0 Å². The van der Waals surface area contributed by atoms with Crippen LogP contribution in [0, 0.1) is 35.5 Å². The van der Waals surface area contributed by atoms with Crippen LogP contribution in [0.4, 0.5) is 0 Å². The van der Waals surface area contributed by atoms with Crippen molar-refractivity contribution >= 4 is 35.2 Å². The van der Waals surface area contributed by atoms with Crippen LogP contribution in [-0.2, 0) is 57.2 Å². The molecule has 3 heterocycles. The molecule has 0 unspecified atom stereocenters. The highest BCUT2D eigenvalue weighted by molar-refractivity contribution is 6.39. The third-order valence-corrected chi connectivity index (χ3v) is 15.0. The predicted molar refractivity (Wildman–Crippen MR) is 259 cm³/mol. The Bertz CT molecular complexity index is 1890. The summed E-state index contributed by atoms with van der Waals surface area (Å²) in [6, 6.07) is -1.16. The van der Waals surface area contributed by atoms with Crippen LogP contribution in [0.25, 0.3) is 0 Å². The first-order valence-corrected chi connectivity index (χ1v) is 25.4. The van der Waals surface area contributed by atoms with Crippen molar-refractivity contribution in [1.82, 2.24) is 4.90 Å². The molecule has 15 atom stereocenters. The molecular formula is C54H83NO14. The quantitative estimate of drug-likeness (QED) is 0.141. The van der Waals surface area contributed by atoms with E-state index in [0.29, 0.717) is 69.8 Å². The number of rotatable bonds is 8. The van der Waals surface area contributed by atoms with E-state index in [2.05, 4.69) is 0 Å². The molecule has 0 aromatic rings. The van der Waals surface area contributed by atoms with Gasteiger partial charge in [-0.3, -0.25) is 24.0 Å². The maximum Gasteiger partial charge on any atom is 0.329 e. The van der Waals surface area contributed by atoms with Crippen LogP contribution in [0.2, 0.25) is 0 Å². The molecule has 0 radical (unpaired) electrons. The summed E-state index contributed by atoms with van der Waals surface area (Å²) < 4.78 is 35.3. The maximum absolute atomic E-state index is 14.5. The van der Waals surface area contributed by atoms with Gasteiger partial charge in [0.1, 0.15) is 36.2 Å². The van der Waals surface area contributed by atoms with Crippen molar-refractivity contribution in [2.75, 3.05) is 27.9 Å². The second-order valence-corrected chi connectivity index (χ2v) is 20.4. The molecular weight excluding hydrogens is 887 g/mol. The molecule has 2 bridgehead atoms. The van der Waals surface area contributed by atoms with Gasteiger partial charge in [0.25, 0.3) is 11.7 Å². The normalized spacial score (nSPS) is 38.7. The van der Waals surface area contributed by atoms with Crippen LogP contribution in [0.15, 0.2) is 47.6 Å². The van der Waals surface area contributed by atoms with Gasteiger partial charge in [-0.1, -0.05) is 78.0 Å². The van der Waals surface area contributed by atoms with Gasteiger partial charge in [-0.05, 0) is 107 Å². The number of hydrogen-bond acceptors (Lipinski definition) is 14. The Morgan fingerprint density at radius 1 is 0.870 bits per heavy atom. The lowest BCUT2D eigenvalue weighted by molar-refractivity contribution is -0.265. The number of ether oxygens (including phenoxy) is 6. The van der Waals surface area contributed by atoms with Gasteiger partial charge in [-0.15, -0.1) is 0 Å². The van der Waals surface area contributed by atoms with Gasteiger partial charge < -0.3 is 43.5 Å². The first-order valence-electron chi connectivity index (χ1n) is 25.4. The largest absolute Gasteiger partial charge is 0.460 e. The molecule has 2 N–H and O–H groups in total. The third kappa shape index (κ3) is 15.6. The zero-order valence-corrected chi connectivity index (χ0v) is 43.2. The van der Waals surface area contributed by atoms with Crippen molar-refractivity contribution in [2.45, 2.75) is 193 Å². The zero-order chi connectivity index (χ0) is 51.2. The standard InChI is InChI=1S/C54H83NO14/c1-12-47(57)67-43-24-22-39(29-46(43)65-10)28-35(5)45-31-42(56)34(4)27-37(7)49(59)50(66-11)48(58)36(6)26-32(2)18-14-13-15-19-33(3)44(64-9)30-40-23-21-38(8)54(63,69-40)51(60)52(61)55-25-17-16-20-41(55)53(62)68-45/h13-15,18-19,27,32,34-36,38-41,43-46,49-50,59,63H,12,16-17,20-26,28-31H2,1-11H3/b15-13+,18-14+,33-19+,37-27+/t32-,34-,35-,36-,38-,39+,40+,41+,43-,44+,45+,46-,49-,50+,54-/m1/s1. The fourth-order valence-corrected chi connectivity index (χ4v) is 10.5. The Morgan fingerprint density at radius 3 is 2.26 bits per heavy atom. The highest BCUT2D eigenvalue weighted by Gasteiger charge is 2.53. The maximum atomic E-state index is 14.5. The van der Waals surface area contributed by atoms with E-state index < -0.39 is 77.8 Å². The van der Waals surface area contributed by atoms with Crippen molar-refractivity contribution in [3.63, 3.8) is 0 Å². The van der Waals surface area contributed by atoms with Gasteiger partial charge in [0.2, 0.25) is 5.79 Å². The lowest BCUT2D eigenvalue weighted by Crippen LogP contribution is -2.61. The number of amides is 1. The molecule has 15 heteroatoms. The number of esters is 2. The van der Waals surface area contributed by atoms with E-state index in [1.807, 2.05) is 58.1 Å². The minimum absolute atomic E-state index is 0.0108. The number of carbonyl (C=O) groups is 6. The van der Waals surface area contributed by atoms with Crippen molar-refractivity contribution in [3.05, 3.63) is 47.6 Å². The Balaban J connectivity index is 1.70. The molecule has 1 aliphatic carbocycles. The molecule has 4 rings (SSSR count).